The minimum Gasteiger partial charge on any atom is -0.490 e. The van der Waals surface area contributed by atoms with Gasteiger partial charge in [-0.25, -0.2) is 0 Å². The quantitative estimate of drug-likeness (QED) is 0.875. The molecule has 0 unspecified atom stereocenters. The molecule has 1 aliphatic heterocycles. The number of para-hydroxylation sites is 1. The number of fused-ring (bicyclic) bond motifs is 1. The summed E-state index contributed by atoms with van der Waals surface area (Å²) in [6, 6.07) is 7.37. The van der Waals surface area contributed by atoms with Crippen LogP contribution >= 0.6 is 11.6 Å². The molecule has 1 aromatic carbocycles. The smallest absolute Gasteiger partial charge is 0.224 e. The van der Waals surface area contributed by atoms with Gasteiger partial charge in [0.25, 0.3) is 0 Å². The lowest BCUT2D eigenvalue weighted by Crippen LogP contribution is -2.49. The molecule has 1 amide bonds. The number of carbonyl (C=O) groups excluding carboxylic acids is 1. The molecule has 3 rings (SSSR count). The minimum atomic E-state index is -0.416. The van der Waals surface area contributed by atoms with Gasteiger partial charge in [-0.2, -0.15) is 0 Å². The number of carbonyl (C=O) groups is 1. The number of hydrogen-bond donors (Lipinski definition) is 2. The van der Waals surface area contributed by atoms with E-state index in [1.165, 1.54) is 0 Å². The molecule has 1 saturated carbocycles. The van der Waals surface area contributed by atoms with Crippen molar-refractivity contribution in [3.05, 3.63) is 29.3 Å². The van der Waals surface area contributed by atoms with Crippen molar-refractivity contribution in [3.8, 4) is 5.75 Å². The molecule has 21 heavy (non-hydrogen) atoms. The van der Waals surface area contributed by atoms with Gasteiger partial charge in [0.05, 0.1) is 10.6 Å². The van der Waals surface area contributed by atoms with Gasteiger partial charge >= 0.3 is 0 Å². The third kappa shape index (κ3) is 3.16. The van der Waals surface area contributed by atoms with Crippen molar-refractivity contribution in [2.75, 3.05) is 19.7 Å². The number of halogens is 1. The lowest BCUT2D eigenvalue weighted by Gasteiger charge is -2.27. The number of ether oxygens (including phenoxy) is 1. The first-order valence-corrected chi connectivity index (χ1v) is 7.76. The van der Waals surface area contributed by atoms with E-state index in [1.54, 1.807) is 6.07 Å². The molecule has 1 aliphatic carbocycles. The molecule has 2 aliphatic rings. The number of hydrogen-bond acceptors (Lipinski definition) is 3. The zero-order chi connectivity index (χ0) is 15.0. The fourth-order valence-corrected chi connectivity index (χ4v) is 3.27. The maximum atomic E-state index is 12.3. The summed E-state index contributed by atoms with van der Waals surface area (Å²) in [5.74, 6) is 2.05. The molecule has 2 fully saturated rings. The lowest BCUT2D eigenvalue weighted by atomic mass is 10.1. The van der Waals surface area contributed by atoms with Crippen molar-refractivity contribution < 1.29 is 9.53 Å². The van der Waals surface area contributed by atoms with Crippen LogP contribution in [0.2, 0.25) is 5.02 Å². The summed E-state index contributed by atoms with van der Waals surface area (Å²) in [6.07, 6.45) is 0. The van der Waals surface area contributed by atoms with E-state index >= 15 is 0 Å². The van der Waals surface area contributed by atoms with Crippen molar-refractivity contribution in [1.29, 1.82) is 0 Å². The Morgan fingerprint density at radius 1 is 1.38 bits per heavy atom. The monoisotopic (exact) mass is 308 g/mol. The first-order valence-electron chi connectivity index (χ1n) is 7.38. The summed E-state index contributed by atoms with van der Waals surface area (Å²) in [5.41, 5.74) is -0.416. The second-order valence-electron chi connectivity index (χ2n) is 6.60. The summed E-state index contributed by atoms with van der Waals surface area (Å²) < 4.78 is 5.74. The largest absolute Gasteiger partial charge is 0.490 e. The van der Waals surface area contributed by atoms with Crippen LogP contribution in [-0.4, -0.2) is 31.1 Å². The van der Waals surface area contributed by atoms with Gasteiger partial charge in [-0.3, -0.25) is 4.79 Å². The van der Waals surface area contributed by atoms with Gasteiger partial charge in [-0.1, -0.05) is 23.7 Å². The summed E-state index contributed by atoms with van der Waals surface area (Å²) in [6.45, 7) is 6.28. The molecule has 114 valence electrons. The topological polar surface area (TPSA) is 50.4 Å². The summed E-state index contributed by atoms with van der Waals surface area (Å²) >= 11 is 6.06. The van der Waals surface area contributed by atoms with Crippen molar-refractivity contribution in [2.45, 2.75) is 19.4 Å². The highest BCUT2D eigenvalue weighted by molar-refractivity contribution is 6.32. The summed E-state index contributed by atoms with van der Waals surface area (Å²) in [7, 11) is 0. The molecular weight excluding hydrogens is 288 g/mol. The van der Waals surface area contributed by atoms with Crippen LogP contribution in [0.3, 0.4) is 0 Å². The Kier molecular flexibility index (Phi) is 3.84. The maximum absolute atomic E-state index is 12.3. The van der Waals surface area contributed by atoms with Crippen molar-refractivity contribution in [3.63, 3.8) is 0 Å². The average Bonchev–Trinajstić information content (AvgIpc) is 2.92. The van der Waals surface area contributed by atoms with E-state index in [-0.39, 0.29) is 11.8 Å². The molecule has 0 spiro atoms. The Balaban J connectivity index is 1.52. The van der Waals surface area contributed by atoms with Crippen molar-refractivity contribution >= 4 is 17.5 Å². The Bertz CT molecular complexity index is 537. The fourth-order valence-electron chi connectivity index (χ4n) is 3.08. The second kappa shape index (κ2) is 5.50. The predicted octanol–water partition coefficient (Wildman–Crippen LogP) is 2.08. The standard InChI is InChI=1S/C16H21ClN2O2/c1-16(2,9-21-13-6-4-3-5-12(13)17)19-15(20)14-10-7-18-8-11(10)14/h3-6,10-11,14,18H,7-9H2,1-2H3,(H,19,20)/t10-,11+,14+. The van der Waals surface area contributed by atoms with Crippen LogP contribution in [0.1, 0.15) is 13.8 Å². The Morgan fingerprint density at radius 3 is 2.71 bits per heavy atom. The zero-order valence-corrected chi connectivity index (χ0v) is 13.1. The highest BCUT2D eigenvalue weighted by Crippen LogP contribution is 2.48. The number of benzene rings is 1. The van der Waals surface area contributed by atoms with Crippen LogP contribution in [0, 0.1) is 17.8 Å². The van der Waals surface area contributed by atoms with Crippen LogP contribution in [0.25, 0.3) is 0 Å². The summed E-state index contributed by atoms with van der Waals surface area (Å²) in [5, 5.41) is 6.99. The van der Waals surface area contributed by atoms with Crippen molar-refractivity contribution in [1.82, 2.24) is 10.6 Å². The normalized spacial score (nSPS) is 27.1. The van der Waals surface area contributed by atoms with Crippen LogP contribution in [0.4, 0.5) is 0 Å². The number of piperidine rings is 1. The maximum Gasteiger partial charge on any atom is 0.224 e. The fraction of sp³-hybridized carbons (Fsp3) is 0.562. The third-order valence-electron chi connectivity index (χ3n) is 4.28. The Labute approximate surface area is 130 Å². The summed E-state index contributed by atoms with van der Waals surface area (Å²) in [4.78, 5) is 12.3. The van der Waals surface area contributed by atoms with Gasteiger partial charge in [0.2, 0.25) is 5.91 Å². The minimum absolute atomic E-state index is 0.152. The molecule has 3 atom stereocenters. The van der Waals surface area contributed by atoms with Gasteiger partial charge in [0.1, 0.15) is 12.4 Å². The molecule has 0 aromatic heterocycles. The van der Waals surface area contributed by atoms with Gasteiger partial charge in [0.15, 0.2) is 0 Å². The van der Waals surface area contributed by atoms with E-state index in [4.69, 9.17) is 16.3 Å². The Morgan fingerprint density at radius 2 is 2.05 bits per heavy atom. The number of rotatable bonds is 5. The molecule has 1 aromatic rings. The highest BCUT2D eigenvalue weighted by Gasteiger charge is 2.57. The molecule has 5 heteroatoms. The van der Waals surface area contributed by atoms with Crippen LogP contribution < -0.4 is 15.4 Å². The second-order valence-corrected chi connectivity index (χ2v) is 7.01. The molecule has 0 radical (unpaired) electrons. The van der Waals surface area contributed by atoms with Gasteiger partial charge < -0.3 is 15.4 Å². The highest BCUT2D eigenvalue weighted by atomic mass is 35.5. The molecule has 4 nitrogen and oxygen atoms in total. The number of nitrogens with one attached hydrogen (secondary N) is 2. The zero-order valence-electron chi connectivity index (χ0n) is 12.4. The van der Waals surface area contributed by atoms with E-state index in [9.17, 15) is 4.79 Å². The van der Waals surface area contributed by atoms with Crippen LogP contribution in [0.5, 0.6) is 5.75 Å². The SMILES string of the molecule is CC(C)(COc1ccccc1Cl)NC(=O)[C@H]1[C@@H]2CNC[C@@H]21. The van der Waals surface area contributed by atoms with Gasteiger partial charge in [-0.15, -0.1) is 0 Å². The van der Waals surface area contributed by atoms with Crippen molar-refractivity contribution in [2.24, 2.45) is 17.8 Å². The molecule has 1 saturated heterocycles. The van der Waals surface area contributed by atoms with Gasteiger partial charge in [-0.05, 0) is 50.9 Å². The molecule has 0 bridgehead atoms. The lowest BCUT2D eigenvalue weighted by molar-refractivity contribution is -0.125. The van der Waals surface area contributed by atoms with E-state index in [1.807, 2.05) is 32.0 Å². The Hall–Kier alpha value is -1.26. The van der Waals surface area contributed by atoms with E-state index in [0.29, 0.717) is 29.2 Å². The predicted molar refractivity (Wildman–Crippen MR) is 82.5 cm³/mol. The third-order valence-corrected chi connectivity index (χ3v) is 4.59. The average molecular weight is 309 g/mol. The molecular formula is C16H21ClN2O2. The first-order chi connectivity index (χ1) is 9.98. The molecule has 2 N–H and O–H groups in total. The number of amides is 1. The van der Waals surface area contributed by atoms with Crippen LogP contribution in [-0.2, 0) is 4.79 Å². The first kappa shape index (κ1) is 14.7. The van der Waals surface area contributed by atoms with E-state index in [2.05, 4.69) is 10.6 Å². The van der Waals surface area contributed by atoms with E-state index < -0.39 is 5.54 Å². The van der Waals surface area contributed by atoms with Gasteiger partial charge in [0, 0.05) is 5.92 Å². The van der Waals surface area contributed by atoms with Crippen LogP contribution in [0.15, 0.2) is 24.3 Å². The molecule has 1 heterocycles. The van der Waals surface area contributed by atoms with E-state index in [0.717, 1.165) is 13.1 Å².